The van der Waals surface area contributed by atoms with Crippen LogP contribution in [0.15, 0.2) is 36.5 Å². The fourth-order valence-corrected chi connectivity index (χ4v) is 4.74. The van der Waals surface area contributed by atoms with Crippen molar-refractivity contribution in [3.8, 4) is 11.1 Å². The molecule has 0 bridgehead atoms. The zero-order valence-corrected chi connectivity index (χ0v) is 19.5. The van der Waals surface area contributed by atoms with Crippen LogP contribution in [-0.4, -0.2) is 55.2 Å². The Morgan fingerprint density at radius 1 is 1.25 bits per heavy atom. The van der Waals surface area contributed by atoms with E-state index < -0.39 is 0 Å². The van der Waals surface area contributed by atoms with Crippen LogP contribution < -0.4 is 10.6 Å². The predicted molar refractivity (Wildman–Crippen MR) is 130 cm³/mol. The molecule has 1 atom stereocenters. The first-order chi connectivity index (χ1) is 15.6. The van der Waals surface area contributed by atoms with Crippen molar-refractivity contribution < 1.29 is 9.53 Å². The summed E-state index contributed by atoms with van der Waals surface area (Å²) in [6.45, 7) is 7.64. The highest BCUT2D eigenvalue weighted by atomic mass is 35.5. The van der Waals surface area contributed by atoms with Gasteiger partial charge in [-0.25, -0.2) is 4.98 Å². The Balaban J connectivity index is 1.43. The van der Waals surface area contributed by atoms with Gasteiger partial charge in [0.15, 0.2) is 0 Å². The largest absolute Gasteiger partial charge is 0.385 e. The third kappa shape index (κ3) is 6.00. The average molecular weight is 457 g/mol. The molecular formula is C25H33ClN4O2. The zero-order valence-electron chi connectivity index (χ0n) is 18.8. The fraction of sp³-hybridized carbons (Fsp3) is 0.520. The summed E-state index contributed by atoms with van der Waals surface area (Å²) in [5.41, 5.74) is 2.93. The second-order valence-corrected chi connectivity index (χ2v) is 9.20. The van der Waals surface area contributed by atoms with Crippen LogP contribution in [0.5, 0.6) is 0 Å². The number of ether oxygens (including phenoxy) is 1. The van der Waals surface area contributed by atoms with E-state index in [9.17, 15) is 4.79 Å². The fourth-order valence-electron chi connectivity index (χ4n) is 4.52. The number of anilines is 2. The standard InChI is InChI=1S/C25H33ClN4O2/c1-2-30-10-4-6-20(17-30)25(31)29-24-14-22(23(26)16-28-24)19-5-3-7-21(13-19)27-15-18-8-11-32-12-9-18/h3,5,7,13-14,16,18,20,27H,2,4,6,8-12,15,17H2,1H3,(H,28,29,31)/t20-/m1/s1. The summed E-state index contributed by atoms with van der Waals surface area (Å²) in [6.07, 6.45) is 5.79. The number of piperidine rings is 1. The summed E-state index contributed by atoms with van der Waals surface area (Å²) in [4.78, 5) is 19.5. The molecule has 2 saturated heterocycles. The third-order valence-corrected chi connectivity index (χ3v) is 6.84. The summed E-state index contributed by atoms with van der Waals surface area (Å²) in [5.74, 6) is 1.23. The van der Waals surface area contributed by atoms with Crippen molar-refractivity contribution in [2.24, 2.45) is 11.8 Å². The number of nitrogens with zero attached hydrogens (tertiary/aromatic N) is 2. The number of rotatable bonds is 7. The molecule has 172 valence electrons. The van der Waals surface area contributed by atoms with Crippen molar-refractivity contribution in [2.45, 2.75) is 32.6 Å². The molecule has 4 rings (SSSR count). The van der Waals surface area contributed by atoms with E-state index in [2.05, 4.69) is 39.6 Å². The molecule has 1 aromatic heterocycles. The zero-order chi connectivity index (χ0) is 22.3. The highest BCUT2D eigenvalue weighted by Gasteiger charge is 2.25. The van der Waals surface area contributed by atoms with E-state index in [1.54, 1.807) is 6.20 Å². The summed E-state index contributed by atoms with van der Waals surface area (Å²) < 4.78 is 5.45. The van der Waals surface area contributed by atoms with Gasteiger partial charge in [-0.05, 0) is 68.5 Å². The molecule has 1 amide bonds. The van der Waals surface area contributed by atoms with Crippen molar-refractivity contribution in [3.05, 3.63) is 41.6 Å². The molecule has 6 nitrogen and oxygen atoms in total. The van der Waals surface area contributed by atoms with Crippen LogP contribution in [0.4, 0.5) is 11.5 Å². The quantitative estimate of drug-likeness (QED) is 0.619. The number of carbonyl (C=O) groups is 1. The van der Waals surface area contributed by atoms with Gasteiger partial charge in [-0.2, -0.15) is 0 Å². The van der Waals surface area contributed by atoms with Crippen molar-refractivity contribution >= 4 is 29.0 Å². The number of nitrogens with one attached hydrogen (secondary N) is 2. The van der Waals surface area contributed by atoms with Crippen molar-refractivity contribution in [1.82, 2.24) is 9.88 Å². The van der Waals surface area contributed by atoms with Crippen LogP contribution in [0.2, 0.25) is 5.02 Å². The van der Waals surface area contributed by atoms with E-state index in [4.69, 9.17) is 16.3 Å². The highest BCUT2D eigenvalue weighted by molar-refractivity contribution is 6.33. The molecular weight excluding hydrogens is 424 g/mol. The Labute approximate surface area is 195 Å². The van der Waals surface area contributed by atoms with Gasteiger partial charge >= 0.3 is 0 Å². The summed E-state index contributed by atoms with van der Waals surface area (Å²) >= 11 is 6.49. The molecule has 7 heteroatoms. The number of aromatic nitrogens is 1. The van der Waals surface area contributed by atoms with Gasteiger partial charge in [-0.1, -0.05) is 30.7 Å². The average Bonchev–Trinajstić information content (AvgIpc) is 2.84. The van der Waals surface area contributed by atoms with Crippen molar-refractivity contribution in [2.75, 3.05) is 50.0 Å². The van der Waals surface area contributed by atoms with E-state index >= 15 is 0 Å². The van der Waals surface area contributed by atoms with Crippen molar-refractivity contribution in [1.29, 1.82) is 0 Å². The van der Waals surface area contributed by atoms with E-state index in [1.807, 2.05) is 18.2 Å². The van der Waals surface area contributed by atoms with E-state index in [-0.39, 0.29) is 11.8 Å². The van der Waals surface area contributed by atoms with E-state index in [0.717, 1.165) is 81.9 Å². The molecule has 0 saturated carbocycles. The first-order valence-electron chi connectivity index (χ1n) is 11.7. The maximum absolute atomic E-state index is 12.8. The third-order valence-electron chi connectivity index (χ3n) is 6.54. The van der Waals surface area contributed by atoms with Gasteiger partial charge in [0.05, 0.1) is 10.9 Å². The molecule has 2 aromatic rings. The smallest absolute Gasteiger partial charge is 0.229 e. The molecule has 0 radical (unpaired) electrons. The number of likely N-dealkylation sites (tertiary alicyclic amines) is 1. The Bertz CT molecular complexity index is 917. The minimum atomic E-state index is 0.00217. The molecule has 0 unspecified atom stereocenters. The lowest BCUT2D eigenvalue weighted by molar-refractivity contribution is -0.121. The molecule has 3 heterocycles. The number of benzene rings is 1. The summed E-state index contributed by atoms with van der Waals surface area (Å²) in [5, 5.41) is 7.14. The molecule has 0 aliphatic carbocycles. The first kappa shape index (κ1) is 23.0. The lowest BCUT2D eigenvalue weighted by Crippen LogP contribution is -2.40. The normalized spacial score (nSPS) is 20.1. The van der Waals surface area contributed by atoms with Gasteiger partial charge in [-0.3, -0.25) is 4.79 Å². The Hall–Kier alpha value is -2.15. The van der Waals surface area contributed by atoms with Gasteiger partial charge in [-0.15, -0.1) is 0 Å². The monoisotopic (exact) mass is 456 g/mol. The molecule has 2 aliphatic heterocycles. The lowest BCUT2D eigenvalue weighted by atomic mass is 9.97. The van der Waals surface area contributed by atoms with Crippen LogP contribution >= 0.6 is 11.6 Å². The first-order valence-corrected chi connectivity index (χ1v) is 12.1. The Morgan fingerprint density at radius 2 is 2.09 bits per heavy atom. The number of hydrogen-bond acceptors (Lipinski definition) is 5. The molecule has 0 spiro atoms. The number of hydrogen-bond donors (Lipinski definition) is 2. The topological polar surface area (TPSA) is 66.5 Å². The van der Waals surface area contributed by atoms with Crippen LogP contribution in [0, 0.1) is 11.8 Å². The van der Waals surface area contributed by atoms with Gasteiger partial charge in [0.1, 0.15) is 5.82 Å². The van der Waals surface area contributed by atoms with E-state index in [1.165, 1.54) is 0 Å². The van der Waals surface area contributed by atoms with Crippen molar-refractivity contribution in [3.63, 3.8) is 0 Å². The van der Waals surface area contributed by atoms with Gasteiger partial charge in [0, 0.05) is 43.8 Å². The Kier molecular flexibility index (Phi) is 8.00. The highest BCUT2D eigenvalue weighted by Crippen LogP contribution is 2.31. The van der Waals surface area contributed by atoms with Gasteiger partial charge < -0.3 is 20.3 Å². The van der Waals surface area contributed by atoms with Crippen LogP contribution in [-0.2, 0) is 9.53 Å². The minimum Gasteiger partial charge on any atom is -0.385 e. The number of pyridine rings is 1. The molecule has 1 aromatic carbocycles. The van der Waals surface area contributed by atoms with Crippen LogP contribution in [0.1, 0.15) is 32.6 Å². The molecule has 32 heavy (non-hydrogen) atoms. The van der Waals surface area contributed by atoms with Gasteiger partial charge in [0.2, 0.25) is 5.91 Å². The summed E-state index contributed by atoms with van der Waals surface area (Å²) in [6, 6.07) is 10.1. The van der Waals surface area contributed by atoms with Gasteiger partial charge in [0.25, 0.3) is 0 Å². The second kappa shape index (κ2) is 11.1. The summed E-state index contributed by atoms with van der Waals surface area (Å²) in [7, 11) is 0. The van der Waals surface area contributed by atoms with E-state index in [0.29, 0.717) is 16.8 Å². The van der Waals surface area contributed by atoms with Crippen LogP contribution in [0.3, 0.4) is 0 Å². The predicted octanol–water partition coefficient (Wildman–Crippen LogP) is 4.91. The number of halogens is 1. The molecule has 2 N–H and O–H groups in total. The maximum atomic E-state index is 12.8. The molecule has 2 aliphatic rings. The number of carbonyl (C=O) groups excluding carboxylic acids is 1. The van der Waals surface area contributed by atoms with Crippen LogP contribution in [0.25, 0.3) is 11.1 Å². The number of amides is 1. The second-order valence-electron chi connectivity index (χ2n) is 8.79. The maximum Gasteiger partial charge on any atom is 0.229 e. The SMILES string of the molecule is CCN1CCC[C@@H](C(=O)Nc2cc(-c3cccc(NCC4CCOCC4)c3)c(Cl)cn2)C1. The molecule has 2 fully saturated rings. The minimum absolute atomic E-state index is 0.00217. The Morgan fingerprint density at radius 3 is 2.91 bits per heavy atom. The lowest BCUT2D eigenvalue weighted by Gasteiger charge is -2.30.